The molecule has 4 nitrogen and oxygen atoms in total. The molecule has 1 aliphatic carbocycles. The molecule has 1 aromatic carbocycles. The molecule has 3 rings (SSSR count). The molecule has 0 amide bonds. The van der Waals surface area contributed by atoms with E-state index in [-0.39, 0.29) is 5.69 Å². The zero-order valence-corrected chi connectivity index (χ0v) is 11.0. The van der Waals surface area contributed by atoms with Gasteiger partial charge in [-0.3, -0.25) is 4.98 Å². The van der Waals surface area contributed by atoms with Gasteiger partial charge in [-0.25, -0.2) is 4.79 Å². The van der Waals surface area contributed by atoms with Crippen molar-refractivity contribution in [3.05, 3.63) is 70.4 Å². The first-order chi connectivity index (χ1) is 9.83. The Morgan fingerprint density at radius 1 is 1.15 bits per heavy atom. The highest BCUT2D eigenvalue weighted by atomic mass is 16.1. The molecule has 0 spiro atoms. The van der Waals surface area contributed by atoms with Gasteiger partial charge in [-0.15, -0.1) is 5.10 Å². The fourth-order valence-corrected chi connectivity index (χ4v) is 2.09. The minimum atomic E-state index is -0.212. The second-order valence-corrected chi connectivity index (χ2v) is 4.58. The standard InChI is InChI=1S/C16H15N3O/c20-16-17-15(12-11-13-7-3-1-4-8-13)18-19(16)14-9-5-2-6-10-14/h1,3-5,7-12H,2,6H2,(H,17,18,20). The fourth-order valence-electron chi connectivity index (χ4n) is 2.09. The van der Waals surface area contributed by atoms with E-state index in [2.05, 4.69) is 16.2 Å². The first-order valence-corrected chi connectivity index (χ1v) is 6.62. The lowest BCUT2D eigenvalue weighted by atomic mass is 10.1. The lowest BCUT2D eigenvalue weighted by Gasteiger charge is -2.04. The van der Waals surface area contributed by atoms with Gasteiger partial charge in [0, 0.05) is 0 Å². The van der Waals surface area contributed by atoms with Crippen molar-refractivity contribution in [2.24, 2.45) is 0 Å². The van der Waals surface area contributed by atoms with Crippen molar-refractivity contribution in [2.75, 3.05) is 0 Å². The van der Waals surface area contributed by atoms with Gasteiger partial charge in [-0.2, -0.15) is 4.68 Å². The summed E-state index contributed by atoms with van der Waals surface area (Å²) >= 11 is 0. The number of nitrogens with zero attached hydrogens (tertiary/aromatic N) is 2. The summed E-state index contributed by atoms with van der Waals surface area (Å²) in [5, 5.41) is 4.29. The normalized spacial score (nSPS) is 14.7. The van der Waals surface area contributed by atoms with Crippen LogP contribution in [0.1, 0.15) is 24.2 Å². The zero-order chi connectivity index (χ0) is 13.8. The number of rotatable bonds is 3. The van der Waals surface area contributed by atoms with Crippen LogP contribution in [0, 0.1) is 0 Å². The quantitative estimate of drug-likeness (QED) is 0.927. The number of H-pyrrole nitrogens is 1. The van der Waals surface area contributed by atoms with E-state index in [1.807, 2.05) is 48.6 Å². The first kappa shape index (κ1) is 12.4. The van der Waals surface area contributed by atoms with Crippen molar-refractivity contribution >= 4 is 17.8 Å². The molecule has 0 radical (unpaired) electrons. The number of hydrogen-bond donors (Lipinski definition) is 1. The van der Waals surface area contributed by atoms with Crippen molar-refractivity contribution in [1.29, 1.82) is 0 Å². The molecule has 20 heavy (non-hydrogen) atoms. The lowest BCUT2D eigenvalue weighted by molar-refractivity contribution is 0.853. The molecule has 0 saturated carbocycles. The second kappa shape index (κ2) is 5.57. The summed E-state index contributed by atoms with van der Waals surface area (Å²) in [7, 11) is 0. The van der Waals surface area contributed by atoms with Crippen LogP contribution in [-0.4, -0.2) is 14.8 Å². The number of hydrogen-bond acceptors (Lipinski definition) is 2. The maximum absolute atomic E-state index is 11.9. The Balaban J connectivity index is 1.86. The molecule has 1 heterocycles. The molecule has 0 aliphatic heterocycles. The van der Waals surface area contributed by atoms with Crippen molar-refractivity contribution < 1.29 is 0 Å². The van der Waals surface area contributed by atoms with E-state index in [9.17, 15) is 4.79 Å². The van der Waals surface area contributed by atoms with E-state index in [4.69, 9.17) is 0 Å². The van der Waals surface area contributed by atoms with Gasteiger partial charge in [0.05, 0.1) is 5.70 Å². The predicted molar refractivity (Wildman–Crippen MR) is 80.9 cm³/mol. The molecule has 0 unspecified atom stereocenters. The van der Waals surface area contributed by atoms with Crippen LogP contribution < -0.4 is 5.69 Å². The second-order valence-electron chi connectivity index (χ2n) is 4.58. The summed E-state index contributed by atoms with van der Waals surface area (Å²) in [5.41, 5.74) is 1.69. The lowest BCUT2D eigenvalue weighted by Crippen LogP contribution is -2.17. The Bertz CT molecular complexity index is 733. The Hall–Kier alpha value is -2.62. The third-order valence-electron chi connectivity index (χ3n) is 3.09. The summed E-state index contributed by atoms with van der Waals surface area (Å²) in [5.74, 6) is 0.554. The molecular formula is C16H15N3O. The van der Waals surface area contributed by atoms with Crippen LogP contribution in [0.2, 0.25) is 0 Å². The minimum Gasteiger partial charge on any atom is -0.289 e. The average molecular weight is 265 g/mol. The maximum atomic E-state index is 11.9. The van der Waals surface area contributed by atoms with Crippen molar-refractivity contribution in [2.45, 2.75) is 12.8 Å². The molecule has 1 aromatic heterocycles. The Morgan fingerprint density at radius 2 is 2.00 bits per heavy atom. The average Bonchev–Trinajstić information content (AvgIpc) is 2.88. The van der Waals surface area contributed by atoms with Gasteiger partial charge in [-0.05, 0) is 30.6 Å². The van der Waals surface area contributed by atoms with E-state index in [0.29, 0.717) is 5.82 Å². The molecule has 4 heteroatoms. The Labute approximate surface area is 116 Å². The number of allylic oxidation sites excluding steroid dienone is 4. The summed E-state index contributed by atoms with van der Waals surface area (Å²) in [6.45, 7) is 0. The van der Waals surface area contributed by atoms with E-state index in [1.165, 1.54) is 4.68 Å². The molecule has 0 saturated heterocycles. The Morgan fingerprint density at radius 3 is 2.75 bits per heavy atom. The predicted octanol–water partition coefficient (Wildman–Crippen LogP) is 2.93. The molecule has 0 bridgehead atoms. The highest BCUT2D eigenvalue weighted by Gasteiger charge is 2.07. The van der Waals surface area contributed by atoms with E-state index in [0.717, 1.165) is 24.1 Å². The van der Waals surface area contributed by atoms with Crippen LogP contribution in [0.15, 0.2) is 53.4 Å². The van der Waals surface area contributed by atoms with Gasteiger partial charge in [0.15, 0.2) is 5.82 Å². The van der Waals surface area contributed by atoms with Crippen molar-refractivity contribution in [1.82, 2.24) is 14.8 Å². The van der Waals surface area contributed by atoms with Crippen molar-refractivity contribution in [3.8, 4) is 0 Å². The van der Waals surface area contributed by atoms with Gasteiger partial charge in [0.1, 0.15) is 0 Å². The highest BCUT2D eigenvalue weighted by molar-refractivity contribution is 5.66. The monoisotopic (exact) mass is 265 g/mol. The van der Waals surface area contributed by atoms with Gasteiger partial charge in [0.25, 0.3) is 0 Å². The molecule has 1 aliphatic rings. The van der Waals surface area contributed by atoms with Crippen molar-refractivity contribution in [3.63, 3.8) is 0 Å². The summed E-state index contributed by atoms with van der Waals surface area (Å²) in [4.78, 5) is 14.6. The van der Waals surface area contributed by atoms with Gasteiger partial charge < -0.3 is 0 Å². The number of nitrogens with one attached hydrogen (secondary N) is 1. The number of benzene rings is 1. The molecule has 2 aromatic rings. The zero-order valence-electron chi connectivity index (χ0n) is 11.0. The van der Waals surface area contributed by atoms with Gasteiger partial charge in [-0.1, -0.05) is 48.6 Å². The third-order valence-corrected chi connectivity index (χ3v) is 3.09. The number of aromatic nitrogens is 3. The summed E-state index contributed by atoms with van der Waals surface area (Å²) in [6, 6.07) is 9.91. The topological polar surface area (TPSA) is 50.7 Å². The highest BCUT2D eigenvalue weighted by Crippen LogP contribution is 2.12. The molecular weight excluding hydrogens is 250 g/mol. The largest absolute Gasteiger partial charge is 0.348 e. The van der Waals surface area contributed by atoms with E-state index in [1.54, 1.807) is 6.08 Å². The van der Waals surface area contributed by atoms with Crippen LogP contribution in [0.25, 0.3) is 17.8 Å². The fraction of sp³-hybridized carbons (Fsp3) is 0.125. The minimum absolute atomic E-state index is 0.212. The molecule has 1 N–H and O–H groups in total. The van der Waals surface area contributed by atoms with Crippen LogP contribution >= 0.6 is 0 Å². The van der Waals surface area contributed by atoms with E-state index < -0.39 is 0 Å². The molecule has 0 atom stereocenters. The maximum Gasteiger partial charge on any atom is 0.348 e. The molecule has 100 valence electrons. The number of aromatic amines is 1. The smallest absolute Gasteiger partial charge is 0.289 e. The SMILES string of the molecule is O=c1[nH]c(C=Cc2ccccc2)nn1C1=CCCC=C1. The third kappa shape index (κ3) is 2.69. The summed E-state index contributed by atoms with van der Waals surface area (Å²) < 4.78 is 1.40. The van der Waals surface area contributed by atoms with Crippen LogP contribution in [0.5, 0.6) is 0 Å². The summed E-state index contributed by atoms with van der Waals surface area (Å²) in [6.07, 6.45) is 11.7. The molecule has 0 fully saturated rings. The van der Waals surface area contributed by atoms with Gasteiger partial charge >= 0.3 is 5.69 Å². The first-order valence-electron chi connectivity index (χ1n) is 6.62. The van der Waals surface area contributed by atoms with Crippen LogP contribution in [0.4, 0.5) is 0 Å². The van der Waals surface area contributed by atoms with Crippen LogP contribution in [-0.2, 0) is 0 Å². The van der Waals surface area contributed by atoms with E-state index >= 15 is 0 Å². The Kier molecular flexibility index (Phi) is 3.46. The van der Waals surface area contributed by atoms with Gasteiger partial charge in [0.2, 0.25) is 0 Å². The van der Waals surface area contributed by atoms with Crippen LogP contribution in [0.3, 0.4) is 0 Å².